The molecule has 92 valence electrons. The summed E-state index contributed by atoms with van der Waals surface area (Å²) >= 11 is 0. The molecule has 0 amide bonds. The SMILES string of the molecule is COc1ccc(C(=O)CCC(N)C(=O)O)cc1. The normalized spacial score (nSPS) is 11.9. The fourth-order valence-corrected chi connectivity index (χ4v) is 1.33. The van der Waals surface area contributed by atoms with Gasteiger partial charge < -0.3 is 15.6 Å². The Bertz CT molecular complexity index is 399. The van der Waals surface area contributed by atoms with Gasteiger partial charge >= 0.3 is 5.97 Å². The van der Waals surface area contributed by atoms with Crippen molar-refractivity contribution in [1.82, 2.24) is 0 Å². The summed E-state index contributed by atoms with van der Waals surface area (Å²) in [4.78, 5) is 22.2. The Hall–Kier alpha value is -1.88. The minimum absolute atomic E-state index is 0.121. The van der Waals surface area contributed by atoms with E-state index in [-0.39, 0.29) is 18.6 Å². The molecule has 1 rings (SSSR count). The second-order valence-corrected chi connectivity index (χ2v) is 3.64. The van der Waals surface area contributed by atoms with E-state index in [4.69, 9.17) is 15.6 Å². The van der Waals surface area contributed by atoms with E-state index in [2.05, 4.69) is 0 Å². The maximum Gasteiger partial charge on any atom is 0.320 e. The number of carbonyl (C=O) groups is 2. The Balaban J connectivity index is 2.55. The number of carboxylic acids is 1. The van der Waals surface area contributed by atoms with Crippen molar-refractivity contribution in [2.75, 3.05) is 7.11 Å². The number of Topliss-reactive ketones (excluding diaryl/α,β-unsaturated/α-hetero) is 1. The number of carbonyl (C=O) groups excluding carboxylic acids is 1. The lowest BCUT2D eigenvalue weighted by atomic mass is 10.0. The molecule has 0 aliphatic carbocycles. The Kier molecular flexibility index (Phi) is 4.66. The van der Waals surface area contributed by atoms with Gasteiger partial charge in [-0.3, -0.25) is 9.59 Å². The Morgan fingerprint density at radius 3 is 2.41 bits per heavy atom. The van der Waals surface area contributed by atoms with Crippen LogP contribution in [0.2, 0.25) is 0 Å². The van der Waals surface area contributed by atoms with Crippen LogP contribution in [0.5, 0.6) is 5.75 Å². The molecular formula is C12H15NO4. The van der Waals surface area contributed by atoms with Crippen molar-refractivity contribution in [3.63, 3.8) is 0 Å². The number of carboxylic acid groups (broad SMARTS) is 1. The lowest BCUT2D eigenvalue weighted by Gasteiger charge is -2.06. The second-order valence-electron chi connectivity index (χ2n) is 3.64. The highest BCUT2D eigenvalue weighted by Gasteiger charge is 2.14. The van der Waals surface area contributed by atoms with Gasteiger partial charge in [0.2, 0.25) is 0 Å². The third-order valence-corrected chi connectivity index (χ3v) is 2.41. The van der Waals surface area contributed by atoms with Gasteiger partial charge in [-0.2, -0.15) is 0 Å². The van der Waals surface area contributed by atoms with Crippen molar-refractivity contribution in [3.8, 4) is 5.75 Å². The maximum absolute atomic E-state index is 11.7. The van der Waals surface area contributed by atoms with Crippen molar-refractivity contribution >= 4 is 11.8 Å². The summed E-state index contributed by atoms with van der Waals surface area (Å²) in [6.07, 6.45) is 0.264. The topological polar surface area (TPSA) is 89.6 Å². The molecule has 0 saturated heterocycles. The smallest absolute Gasteiger partial charge is 0.320 e. The molecule has 0 radical (unpaired) electrons. The summed E-state index contributed by atoms with van der Waals surface area (Å²) in [5.41, 5.74) is 5.85. The van der Waals surface area contributed by atoms with Crippen LogP contribution in [0.3, 0.4) is 0 Å². The van der Waals surface area contributed by atoms with Crippen LogP contribution in [0.1, 0.15) is 23.2 Å². The first-order valence-electron chi connectivity index (χ1n) is 5.20. The first kappa shape index (κ1) is 13.2. The minimum atomic E-state index is -1.09. The summed E-state index contributed by atoms with van der Waals surface area (Å²) in [7, 11) is 1.54. The summed E-state index contributed by atoms with van der Waals surface area (Å²) in [6.45, 7) is 0. The third-order valence-electron chi connectivity index (χ3n) is 2.41. The highest BCUT2D eigenvalue weighted by atomic mass is 16.5. The zero-order valence-corrected chi connectivity index (χ0v) is 9.55. The predicted molar refractivity (Wildman–Crippen MR) is 62.2 cm³/mol. The summed E-state index contributed by atoms with van der Waals surface area (Å²) in [5.74, 6) is -0.541. The highest BCUT2D eigenvalue weighted by molar-refractivity contribution is 5.96. The van der Waals surface area contributed by atoms with Crippen molar-refractivity contribution in [3.05, 3.63) is 29.8 Å². The lowest BCUT2D eigenvalue weighted by Crippen LogP contribution is -2.30. The fraction of sp³-hybridized carbons (Fsp3) is 0.333. The van der Waals surface area contributed by atoms with E-state index in [1.807, 2.05) is 0 Å². The van der Waals surface area contributed by atoms with Crippen molar-refractivity contribution in [2.45, 2.75) is 18.9 Å². The van der Waals surface area contributed by atoms with Gasteiger partial charge in [0, 0.05) is 12.0 Å². The second kappa shape index (κ2) is 6.00. The van der Waals surface area contributed by atoms with E-state index in [9.17, 15) is 9.59 Å². The van der Waals surface area contributed by atoms with Gasteiger partial charge in [0.15, 0.2) is 5.78 Å². The van der Waals surface area contributed by atoms with E-state index in [0.717, 1.165) is 0 Å². The molecule has 1 unspecified atom stereocenters. The van der Waals surface area contributed by atoms with E-state index in [1.165, 1.54) is 0 Å². The molecule has 1 atom stereocenters. The maximum atomic E-state index is 11.7. The fourth-order valence-electron chi connectivity index (χ4n) is 1.33. The summed E-state index contributed by atoms with van der Waals surface area (Å²) in [6, 6.07) is 5.67. The van der Waals surface area contributed by atoms with Crippen LogP contribution in [0.15, 0.2) is 24.3 Å². The molecule has 17 heavy (non-hydrogen) atoms. The van der Waals surface area contributed by atoms with Gasteiger partial charge in [0.05, 0.1) is 7.11 Å². The standard InChI is InChI=1S/C12H15NO4/c1-17-9-4-2-8(3-5-9)11(14)7-6-10(13)12(15)16/h2-5,10H,6-7,13H2,1H3,(H,15,16). The first-order chi connectivity index (χ1) is 8.04. The lowest BCUT2D eigenvalue weighted by molar-refractivity contribution is -0.138. The molecule has 0 bridgehead atoms. The van der Waals surface area contributed by atoms with Crippen LogP contribution >= 0.6 is 0 Å². The number of ketones is 1. The number of hydrogen-bond acceptors (Lipinski definition) is 4. The number of hydrogen-bond donors (Lipinski definition) is 2. The zero-order chi connectivity index (χ0) is 12.8. The molecule has 0 spiro atoms. The largest absolute Gasteiger partial charge is 0.497 e. The van der Waals surface area contributed by atoms with E-state index >= 15 is 0 Å². The van der Waals surface area contributed by atoms with E-state index < -0.39 is 12.0 Å². The van der Waals surface area contributed by atoms with Gasteiger partial charge in [-0.15, -0.1) is 0 Å². The average Bonchev–Trinajstić information content (AvgIpc) is 2.35. The number of benzene rings is 1. The van der Waals surface area contributed by atoms with Gasteiger partial charge in [-0.1, -0.05) is 0 Å². The van der Waals surface area contributed by atoms with Crippen LogP contribution in [0, 0.1) is 0 Å². The van der Waals surface area contributed by atoms with Crippen molar-refractivity contribution in [1.29, 1.82) is 0 Å². The van der Waals surface area contributed by atoms with Gasteiger partial charge in [-0.05, 0) is 30.7 Å². The molecule has 0 fully saturated rings. The predicted octanol–water partition coefficient (Wildman–Crippen LogP) is 1.07. The molecule has 5 nitrogen and oxygen atoms in total. The Morgan fingerprint density at radius 1 is 1.35 bits per heavy atom. The molecule has 0 saturated carbocycles. The molecule has 0 aromatic heterocycles. The molecule has 0 aliphatic heterocycles. The summed E-state index contributed by atoms with van der Waals surface area (Å²) in [5, 5.41) is 8.58. The molecule has 1 aromatic carbocycles. The van der Waals surface area contributed by atoms with Gasteiger partial charge in [-0.25, -0.2) is 0 Å². The molecule has 1 aromatic rings. The number of methoxy groups -OCH3 is 1. The number of nitrogens with two attached hydrogens (primary N) is 1. The monoisotopic (exact) mass is 237 g/mol. The quantitative estimate of drug-likeness (QED) is 0.722. The minimum Gasteiger partial charge on any atom is -0.497 e. The number of rotatable bonds is 6. The summed E-state index contributed by atoms with van der Waals surface area (Å²) < 4.78 is 4.97. The van der Waals surface area contributed by atoms with Crippen molar-refractivity contribution in [2.24, 2.45) is 5.73 Å². The third kappa shape index (κ3) is 3.88. The van der Waals surface area contributed by atoms with Crippen LogP contribution in [-0.4, -0.2) is 30.0 Å². The molecule has 5 heteroatoms. The highest BCUT2D eigenvalue weighted by Crippen LogP contribution is 2.13. The Morgan fingerprint density at radius 2 is 1.94 bits per heavy atom. The Labute approximate surface area is 99.2 Å². The number of aliphatic carboxylic acids is 1. The zero-order valence-electron chi connectivity index (χ0n) is 9.55. The van der Waals surface area contributed by atoms with E-state index in [1.54, 1.807) is 31.4 Å². The van der Waals surface area contributed by atoms with Gasteiger partial charge in [0.1, 0.15) is 11.8 Å². The van der Waals surface area contributed by atoms with Gasteiger partial charge in [0.25, 0.3) is 0 Å². The number of ether oxygens (including phenoxy) is 1. The first-order valence-corrected chi connectivity index (χ1v) is 5.20. The average molecular weight is 237 g/mol. The van der Waals surface area contributed by atoms with Crippen LogP contribution in [0.25, 0.3) is 0 Å². The van der Waals surface area contributed by atoms with Crippen LogP contribution in [-0.2, 0) is 4.79 Å². The molecule has 0 aliphatic rings. The van der Waals surface area contributed by atoms with Crippen molar-refractivity contribution < 1.29 is 19.4 Å². The van der Waals surface area contributed by atoms with Crippen LogP contribution < -0.4 is 10.5 Å². The van der Waals surface area contributed by atoms with Crippen LogP contribution in [0.4, 0.5) is 0 Å². The molecule has 0 heterocycles. The molecular weight excluding hydrogens is 222 g/mol. The molecule has 3 N–H and O–H groups in total. The van der Waals surface area contributed by atoms with E-state index in [0.29, 0.717) is 11.3 Å².